The number of aryl methyl sites for hydroxylation is 1. The Morgan fingerprint density at radius 2 is 1.49 bits per heavy atom. The highest BCUT2D eigenvalue weighted by Crippen LogP contribution is 2.37. The number of nitro groups is 1. The van der Waals surface area contributed by atoms with Crippen LogP contribution in [0.1, 0.15) is 77.0 Å². The fraction of sp³-hybridized carbons (Fsp3) is 0.185. The van der Waals surface area contributed by atoms with E-state index in [2.05, 4.69) is 0 Å². The van der Waals surface area contributed by atoms with Crippen molar-refractivity contribution >= 4 is 41.1 Å². The van der Waals surface area contributed by atoms with Crippen LogP contribution in [0.15, 0.2) is 54.6 Å². The summed E-state index contributed by atoms with van der Waals surface area (Å²) in [4.78, 5) is 61.8. The molecule has 1 aliphatic carbocycles. The Morgan fingerprint density at radius 3 is 2.10 bits per heavy atom. The maximum atomic E-state index is 14.1. The van der Waals surface area contributed by atoms with Crippen LogP contribution in [0.2, 0.25) is 5.02 Å². The minimum Gasteiger partial charge on any atom is -0.478 e. The number of carboxylic acids is 3. The topological polar surface area (TPSA) is 175 Å². The van der Waals surface area contributed by atoms with Gasteiger partial charge in [0, 0.05) is 12.6 Å². The summed E-state index contributed by atoms with van der Waals surface area (Å²) >= 11 is 5.95. The number of benzene rings is 3. The number of hydrogen-bond acceptors (Lipinski definition) is 6. The van der Waals surface area contributed by atoms with Crippen molar-refractivity contribution in [2.24, 2.45) is 0 Å². The Morgan fingerprint density at radius 1 is 0.897 bits per heavy atom. The van der Waals surface area contributed by atoms with Gasteiger partial charge in [0.2, 0.25) is 0 Å². The average Bonchev–Trinajstić information content (AvgIpc) is 2.90. The maximum absolute atomic E-state index is 14.1. The van der Waals surface area contributed by atoms with E-state index in [0.717, 1.165) is 23.6 Å². The van der Waals surface area contributed by atoms with Gasteiger partial charge >= 0.3 is 17.9 Å². The number of carbonyl (C=O) groups excluding carboxylic acids is 1. The molecule has 0 bridgehead atoms. The SMILES string of the molecule is O=C(O)c1cc(C(=O)O)c(C(=O)N(Cc2ccc(Cl)c([N+](=O)[O-])c2)[C@H]2CCCc3ccccc32)cc1C(=O)O. The zero-order chi connectivity index (χ0) is 28.4. The number of carbonyl (C=O) groups is 4. The Kier molecular flexibility index (Phi) is 7.63. The predicted molar refractivity (Wildman–Crippen MR) is 137 cm³/mol. The number of halogens is 1. The average molecular weight is 553 g/mol. The molecule has 1 aliphatic rings. The van der Waals surface area contributed by atoms with Gasteiger partial charge in [0.1, 0.15) is 5.02 Å². The van der Waals surface area contributed by atoms with Gasteiger partial charge in [-0.1, -0.05) is 41.9 Å². The van der Waals surface area contributed by atoms with Crippen LogP contribution < -0.4 is 0 Å². The number of carboxylic acid groups (broad SMARTS) is 3. The largest absolute Gasteiger partial charge is 0.478 e. The summed E-state index contributed by atoms with van der Waals surface area (Å²) in [5, 5.41) is 40.2. The van der Waals surface area contributed by atoms with Crippen molar-refractivity contribution in [2.45, 2.75) is 31.8 Å². The summed E-state index contributed by atoms with van der Waals surface area (Å²) in [7, 11) is 0. The van der Waals surface area contributed by atoms with Gasteiger partial charge < -0.3 is 20.2 Å². The molecule has 0 saturated carbocycles. The molecule has 0 spiro atoms. The number of rotatable bonds is 8. The fourth-order valence-electron chi connectivity index (χ4n) is 4.83. The Bertz CT molecular complexity index is 1540. The van der Waals surface area contributed by atoms with Crippen molar-refractivity contribution in [3.05, 3.63) is 109 Å². The van der Waals surface area contributed by atoms with Crippen molar-refractivity contribution < 1.29 is 39.4 Å². The molecule has 3 aromatic carbocycles. The monoisotopic (exact) mass is 552 g/mol. The normalized spacial score (nSPS) is 14.2. The van der Waals surface area contributed by atoms with E-state index in [0.29, 0.717) is 24.5 Å². The molecule has 200 valence electrons. The molecular formula is C27H21ClN2O9. The number of aromatic carboxylic acids is 3. The molecule has 0 radical (unpaired) electrons. The molecule has 1 atom stereocenters. The number of hydrogen-bond donors (Lipinski definition) is 3. The van der Waals surface area contributed by atoms with E-state index in [1.807, 2.05) is 18.2 Å². The van der Waals surface area contributed by atoms with Gasteiger partial charge in [-0.3, -0.25) is 14.9 Å². The van der Waals surface area contributed by atoms with Gasteiger partial charge in [-0.2, -0.15) is 0 Å². The standard InChI is InChI=1S/C27H21ClN2O9/c28-21-9-8-14(10-23(21)30(38)39)13-29(22-7-3-5-15-4-1-2-6-16(15)22)24(31)17-11-19(26(34)35)20(27(36)37)12-18(17)25(32)33/h1-2,4,6,8-12,22H,3,5,7,13H2,(H,32,33)(H,34,35)(H,36,37)/t22-/m0/s1. The molecule has 0 saturated heterocycles. The van der Waals surface area contributed by atoms with E-state index in [4.69, 9.17) is 11.6 Å². The second-order valence-electron chi connectivity index (χ2n) is 8.94. The Labute approximate surface area is 226 Å². The van der Waals surface area contributed by atoms with Crippen molar-refractivity contribution in [1.82, 2.24) is 4.90 Å². The lowest BCUT2D eigenvalue weighted by Gasteiger charge is -2.36. The van der Waals surface area contributed by atoms with Gasteiger partial charge in [-0.05, 0) is 54.2 Å². The first-order valence-corrected chi connectivity index (χ1v) is 12.1. The highest BCUT2D eigenvalue weighted by atomic mass is 35.5. The summed E-state index contributed by atoms with van der Waals surface area (Å²) in [6.07, 6.45) is 1.92. The lowest BCUT2D eigenvalue weighted by Crippen LogP contribution is -2.37. The number of amides is 1. The molecular weight excluding hydrogens is 532 g/mol. The minimum atomic E-state index is -1.67. The van der Waals surface area contributed by atoms with Crippen LogP contribution in [0.4, 0.5) is 5.69 Å². The summed E-state index contributed by atoms with van der Waals surface area (Å²) in [6.45, 7) is -0.196. The zero-order valence-electron chi connectivity index (χ0n) is 20.2. The summed E-state index contributed by atoms with van der Waals surface area (Å²) < 4.78 is 0. The highest BCUT2D eigenvalue weighted by molar-refractivity contribution is 6.32. The van der Waals surface area contributed by atoms with Crippen LogP contribution in [0.3, 0.4) is 0 Å². The first-order valence-electron chi connectivity index (χ1n) is 11.7. The van der Waals surface area contributed by atoms with E-state index in [1.54, 1.807) is 6.07 Å². The van der Waals surface area contributed by atoms with Crippen LogP contribution in [0, 0.1) is 10.1 Å². The quantitative estimate of drug-likeness (QED) is 0.254. The van der Waals surface area contributed by atoms with Crippen molar-refractivity contribution in [1.29, 1.82) is 0 Å². The van der Waals surface area contributed by atoms with Crippen molar-refractivity contribution in [3.8, 4) is 0 Å². The van der Waals surface area contributed by atoms with Crippen LogP contribution in [0.5, 0.6) is 0 Å². The maximum Gasteiger partial charge on any atom is 0.336 e. The van der Waals surface area contributed by atoms with Crippen LogP contribution >= 0.6 is 11.6 Å². The molecule has 1 amide bonds. The van der Waals surface area contributed by atoms with Crippen LogP contribution in [0.25, 0.3) is 0 Å². The Balaban J connectivity index is 1.91. The minimum absolute atomic E-state index is 0.104. The van der Waals surface area contributed by atoms with Crippen LogP contribution in [-0.2, 0) is 13.0 Å². The molecule has 12 heteroatoms. The lowest BCUT2D eigenvalue weighted by atomic mass is 9.86. The molecule has 0 aliphatic heterocycles. The van der Waals surface area contributed by atoms with Crippen molar-refractivity contribution in [2.75, 3.05) is 0 Å². The highest BCUT2D eigenvalue weighted by Gasteiger charge is 2.34. The van der Waals surface area contributed by atoms with Gasteiger partial charge in [-0.15, -0.1) is 0 Å². The second-order valence-corrected chi connectivity index (χ2v) is 9.35. The second kappa shape index (κ2) is 10.9. The summed E-state index contributed by atoms with van der Waals surface area (Å²) in [6, 6.07) is 12.2. The first kappa shape index (κ1) is 27.3. The van der Waals surface area contributed by atoms with Gasteiger partial charge in [0.25, 0.3) is 11.6 Å². The van der Waals surface area contributed by atoms with Gasteiger partial charge in [0.15, 0.2) is 0 Å². The summed E-state index contributed by atoms with van der Waals surface area (Å²) in [5.41, 5.74) is -0.996. The third-order valence-corrected chi connectivity index (χ3v) is 6.93. The molecule has 0 heterocycles. The number of nitro benzene ring substituents is 1. The summed E-state index contributed by atoms with van der Waals surface area (Å²) in [5.74, 6) is -5.81. The van der Waals surface area contributed by atoms with Gasteiger partial charge in [0.05, 0.1) is 33.2 Å². The van der Waals surface area contributed by atoms with Gasteiger partial charge in [-0.25, -0.2) is 14.4 Å². The Hall–Kier alpha value is -4.77. The predicted octanol–water partition coefficient (Wildman–Crippen LogP) is 5.06. The molecule has 11 nitrogen and oxygen atoms in total. The zero-order valence-corrected chi connectivity index (χ0v) is 20.9. The van der Waals surface area contributed by atoms with E-state index in [-0.39, 0.29) is 17.3 Å². The van der Waals surface area contributed by atoms with E-state index < -0.39 is 57.0 Å². The van der Waals surface area contributed by atoms with E-state index >= 15 is 0 Å². The molecule has 3 N–H and O–H groups in total. The van der Waals surface area contributed by atoms with E-state index in [9.17, 15) is 44.6 Å². The lowest BCUT2D eigenvalue weighted by molar-refractivity contribution is -0.384. The fourth-order valence-corrected chi connectivity index (χ4v) is 5.02. The first-order chi connectivity index (χ1) is 18.5. The van der Waals surface area contributed by atoms with Crippen molar-refractivity contribution in [3.63, 3.8) is 0 Å². The van der Waals surface area contributed by atoms with E-state index in [1.165, 1.54) is 23.1 Å². The molecule has 0 fully saturated rings. The molecule has 0 aromatic heterocycles. The molecule has 0 unspecified atom stereocenters. The third kappa shape index (κ3) is 5.43. The number of fused-ring (bicyclic) bond motifs is 1. The van der Waals surface area contributed by atoms with Crippen LogP contribution in [-0.4, -0.2) is 49.0 Å². The number of nitrogens with zero attached hydrogens (tertiary/aromatic N) is 2. The molecule has 4 rings (SSSR count). The molecule has 39 heavy (non-hydrogen) atoms. The third-order valence-electron chi connectivity index (χ3n) is 6.61. The molecule has 3 aromatic rings. The smallest absolute Gasteiger partial charge is 0.336 e.